The molecule has 88 valence electrons. The standard InChI is InChI=1S/C12H25N3/c1-3-11(15-12(13)14-4-2)10-8-6-5-7-9-10/h10-11H,3-9H2,1-2H3,(H3,13,14,15). The van der Waals surface area contributed by atoms with Crippen LogP contribution in [0.1, 0.15) is 52.4 Å². The molecule has 0 aromatic carbocycles. The summed E-state index contributed by atoms with van der Waals surface area (Å²) in [5.41, 5.74) is 5.81. The Morgan fingerprint density at radius 2 is 2.00 bits per heavy atom. The lowest BCUT2D eigenvalue weighted by Crippen LogP contribution is -2.44. The third kappa shape index (κ3) is 4.10. The van der Waals surface area contributed by atoms with Crippen molar-refractivity contribution in [1.29, 1.82) is 0 Å². The molecule has 1 unspecified atom stereocenters. The van der Waals surface area contributed by atoms with Crippen molar-refractivity contribution < 1.29 is 0 Å². The molecule has 0 heterocycles. The van der Waals surface area contributed by atoms with Gasteiger partial charge in [0.1, 0.15) is 0 Å². The Balaban J connectivity index is 2.43. The van der Waals surface area contributed by atoms with E-state index in [0.717, 1.165) is 18.9 Å². The molecule has 1 atom stereocenters. The first-order valence-electron chi connectivity index (χ1n) is 6.34. The molecule has 0 aromatic rings. The molecule has 0 radical (unpaired) electrons. The van der Waals surface area contributed by atoms with Crippen LogP contribution < -0.4 is 11.1 Å². The lowest BCUT2D eigenvalue weighted by molar-refractivity contribution is 0.283. The molecule has 1 fully saturated rings. The van der Waals surface area contributed by atoms with Crippen LogP contribution in [0.25, 0.3) is 0 Å². The molecule has 1 aliphatic rings. The largest absolute Gasteiger partial charge is 0.370 e. The second-order valence-electron chi connectivity index (χ2n) is 4.42. The molecule has 3 nitrogen and oxygen atoms in total. The highest BCUT2D eigenvalue weighted by atomic mass is 15.1. The minimum absolute atomic E-state index is 0.528. The fraction of sp³-hybridized carbons (Fsp3) is 0.917. The van der Waals surface area contributed by atoms with Crippen molar-refractivity contribution in [2.45, 2.75) is 58.4 Å². The van der Waals surface area contributed by atoms with E-state index in [4.69, 9.17) is 5.73 Å². The summed E-state index contributed by atoms with van der Waals surface area (Å²) in [6.07, 6.45) is 8.02. The first kappa shape index (κ1) is 12.3. The molecule has 0 aliphatic heterocycles. The predicted molar refractivity (Wildman–Crippen MR) is 66.0 cm³/mol. The van der Waals surface area contributed by atoms with Gasteiger partial charge in [0.2, 0.25) is 0 Å². The fourth-order valence-corrected chi connectivity index (χ4v) is 2.50. The Kier molecular flexibility index (Phi) is 5.51. The van der Waals surface area contributed by atoms with Gasteiger partial charge in [0.15, 0.2) is 5.96 Å². The van der Waals surface area contributed by atoms with Gasteiger partial charge in [-0.15, -0.1) is 0 Å². The van der Waals surface area contributed by atoms with Crippen LogP contribution in [0.3, 0.4) is 0 Å². The number of guanidine groups is 1. The molecule has 0 saturated heterocycles. The average molecular weight is 211 g/mol. The molecule has 3 N–H and O–H groups in total. The number of aliphatic imine (C=N–C) groups is 1. The van der Waals surface area contributed by atoms with Crippen molar-refractivity contribution in [3.05, 3.63) is 0 Å². The van der Waals surface area contributed by atoms with Gasteiger partial charge in [0.25, 0.3) is 0 Å². The van der Waals surface area contributed by atoms with Crippen molar-refractivity contribution in [2.24, 2.45) is 16.6 Å². The fourth-order valence-electron chi connectivity index (χ4n) is 2.50. The molecular formula is C12H25N3. The van der Waals surface area contributed by atoms with Gasteiger partial charge in [0, 0.05) is 12.6 Å². The van der Waals surface area contributed by atoms with Gasteiger partial charge in [0.05, 0.1) is 0 Å². The van der Waals surface area contributed by atoms with Crippen LogP contribution in [0.5, 0.6) is 0 Å². The summed E-state index contributed by atoms with van der Waals surface area (Å²) < 4.78 is 0. The van der Waals surface area contributed by atoms with Crippen molar-refractivity contribution in [3.63, 3.8) is 0 Å². The SMILES string of the molecule is CCN=C(N)NC(CC)C1CCCCC1. The monoisotopic (exact) mass is 211 g/mol. The van der Waals surface area contributed by atoms with E-state index in [1.54, 1.807) is 0 Å². The zero-order valence-electron chi connectivity index (χ0n) is 10.1. The molecule has 0 amide bonds. The third-order valence-corrected chi connectivity index (χ3v) is 3.32. The van der Waals surface area contributed by atoms with Crippen LogP contribution in [-0.4, -0.2) is 18.5 Å². The molecular weight excluding hydrogens is 186 g/mol. The van der Waals surface area contributed by atoms with Crippen LogP contribution in [0, 0.1) is 5.92 Å². The topological polar surface area (TPSA) is 50.4 Å². The van der Waals surface area contributed by atoms with E-state index in [0.29, 0.717) is 12.0 Å². The maximum atomic E-state index is 5.81. The summed E-state index contributed by atoms with van der Waals surface area (Å²) in [4.78, 5) is 4.19. The number of rotatable bonds is 4. The zero-order valence-corrected chi connectivity index (χ0v) is 10.1. The maximum Gasteiger partial charge on any atom is 0.188 e. The van der Waals surface area contributed by atoms with Gasteiger partial charge in [-0.05, 0) is 32.1 Å². The summed E-state index contributed by atoms with van der Waals surface area (Å²) in [6.45, 7) is 5.00. The Labute approximate surface area is 93.5 Å². The molecule has 0 spiro atoms. The maximum absolute atomic E-state index is 5.81. The number of hydrogen-bond acceptors (Lipinski definition) is 1. The van der Waals surface area contributed by atoms with Crippen molar-refractivity contribution in [2.75, 3.05) is 6.54 Å². The van der Waals surface area contributed by atoms with E-state index >= 15 is 0 Å². The lowest BCUT2D eigenvalue weighted by Gasteiger charge is -2.30. The second-order valence-corrected chi connectivity index (χ2v) is 4.42. The third-order valence-electron chi connectivity index (χ3n) is 3.32. The minimum atomic E-state index is 0.528. The summed E-state index contributed by atoms with van der Waals surface area (Å²) in [5.74, 6) is 1.42. The Morgan fingerprint density at radius 3 is 2.53 bits per heavy atom. The highest BCUT2D eigenvalue weighted by Crippen LogP contribution is 2.27. The number of nitrogens with zero attached hydrogens (tertiary/aromatic N) is 1. The van der Waals surface area contributed by atoms with E-state index in [-0.39, 0.29) is 0 Å². The predicted octanol–water partition coefficient (Wildman–Crippen LogP) is 2.27. The van der Waals surface area contributed by atoms with Crippen LogP contribution in [0.4, 0.5) is 0 Å². The first-order chi connectivity index (χ1) is 7.27. The van der Waals surface area contributed by atoms with Gasteiger partial charge in [-0.3, -0.25) is 4.99 Å². The van der Waals surface area contributed by atoms with Crippen molar-refractivity contribution in [3.8, 4) is 0 Å². The van der Waals surface area contributed by atoms with Gasteiger partial charge in [-0.2, -0.15) is 0 Å². The Bertz CT molecular complexity index is 195. The normalized spacial score (nSPS) is 21.3. The molecule has 1 rings (SSSR count). The van der Waals surface area contributed by atoms with E-state index in [9.17, 15) is 0 Å². The van der Waals surface area contributed by atoms with Crippen LogP contribution in [0.15, 0.2) is 4.99 Å². The van der Waals surface area contributed by atoms with E-state index < -0.39 is 0 Å². The van der Waals surface area contributed by atoms with Gasteiger partial charge >= 0.3 is 0 Å². The lowest BCUT2D eigenvalue weighted by atomic mass is 9.83. The van der Waals surface area contributed by atoms with Crippen LogP contribution in [-0.2, 0) is 0 Å². The van der Waals surface area contributed by atoms with E-state index in [1.807, 2.05) is 6.92 Å². The van der Waals surface area contributed by atoms with Crippen LogP contribution in [0.2, 0.25) is 0 Å². The number of nitrogens with one attached hydrogen (secondary N) is 1. The first-order valence-corrected chi connectivity index (χ1v) is 6.34. The summed E-state index contributed by atoms with van der Waals surface area (Å²) in [7, 11) is 0. The number of nitrogens with two attached hydrogens (primary N) is 1. The smallest absolute Gasteiger partial charge is 0.188 e. The van der Waals surface area contributed by atoms with Gasteiger partial charge in [-0.1, -0.05) is 26.2 Å². The Morgan fingerprint density at radius 1 is 1.33 bits per heavy atom. The van der Waals surface area contributed by atoms with Crippen molar-refractivity contribution >= 4 is 5.96 Å². The zero-order chi connectivity index (χ0) is 11.1. The molecule has 0 bridgehead atoms. The molecule has 3 heteroatoms. The molecule has 0 aromatic heterocycles. The van der Waals surface area contributed by atoms with Crippen LogP contribution >= 0.6 is 0 Å². The summed E-state index contributed by atoms with van der Waals surface area (Å²) in [6, 6.07) is 0.528. The quantitative estimate of drug-likeness (QED) is 0.553. The van der Waals surface area contributed by atoms with Crippen molar-refractivity contribution in [1.82, 2.24) is 5.32 Å². The summed E-state index contributed by atoms with van der Waals surface area (Å²) in [5, 5.41) is 3.37. The van der Waals surface area contributed by atoms with E-state index in [1.165, 1.54) is 32.1 Å². The highest BCUT2D eigenvalue weighted by Gasteiger charge is 2.22. The van der Waals surface area contributed by atoms with Gasteiger partial charge < -0.3 is 11.1 Å². The second kappa shape index (κ2) is 6.70. The Hall–Kier alpha value is -0.730. The molecule has 1 aliphatic carbocycles. The van der Waals surface area contributed by atoms with Gasteiger partial charge in [-0.25, -0.2) is 0 Å². The minimum Gasteiger partial charge on any atom is -0.370 e. The molecule has 15 heavy (non-hydrogen) atoms. The van der Waals surface area contributed by atoms with E-state index in [2.05, 4.69) is 17.2 Å². The molecule has 1 saturated carbocycles. The highest BCUT2D eigenvalue weighted by molar-refractivity contribution is 5.78. The summed E-state index contributed by atoms with van der Waals surface area (Å²) >= 11 is 0. The average Bonchev–Trinajstić information content (AvgIpc) is 2.27. The number of hydrogen-bond donors (Lipinski definition) is 2.